The van der Waals surface area contributed by atoms with Crippen molar-refractivity contribution in [1.82, 2.24) is 19.9 Å². The van der Waals surface area contributed by atoms with Gasteiger partial charge in [0, 0.05) is 31.7 Å². The van der Waals surface area contributed by atoms with Gasteiger partial charge >= 0.3 is 0 Å². The molecule has 1 N–H and O–H groups in total. The molecule has 6 heteroatoms. The van der Waals surface area contributed by atoms with Crippen LogP contribution in [0.2, 0.25) is 5.15 Å². The molecule has 2 heterocycles. The van der Waals surface area contributed by atoms with E-state index in [2.05, 4.69) is 19.9 Å². The summed E-state index contributed by atoms with van der Waals surface area (Å²) in [5, 5.41) is 3.26. The lowest BCUT2D eigenvalue weighted by molar-refractivity contribution is 0.0952. The number of rotatable bonds is 7. The largest absolute Gasteiger partial charge is 0.352 e. The molecular weight excluding hydrogens is 276 g/mol. The van der Waals surface area contributed by atoms with Crippen molar-refractivity contribution in [2.75, 3.05) is 6.54 Å². The number of halogens is 1. The molecule has 0 bridgehead atoms. The van der Waals surface area contributed by atoms with Gasteiger partial charge in [0.2, 0.25) is 0 Å². The summed E-state index contributed by atoms with van der Waals surface area (Å²) in [5.41, 5.74) is 0.535. The molecule has 0 spiro atoms. The van der Waals surface area contributed by atoms with Gasteiger partial charge in [-0.25, -0.2) is 9.97 Å². The van der Waals surface area contributed by atoms with E-state index in [1.807, 2.05) is 12.5 Å². The van der Waals surface area contributed by atoms with Crippen molar-refractivity contribution in [2.45, 2.75) is 25.8 Å². The number of unbranched alkanes of at least 4 members (excludes halogenated alkanes) is 2. The van der Waals surface area contributed by atoms with Gasteiger partial charge in [0.15, 0.2) is 0 Å². The first-order valence-corrected chi connectivity index (χ1v) is 6.99. The van der Waals surface area contributed by atoms with Gasteiger partial charge in [-0.1, -0.05) is 11.6 Å². The van der Waals surface area contributed by atoms with Crippen LogP contribution >= 0.6 is 11.6 Å². The van der Waals surface area contributed by atoms with E-state index in [9.17, 15) is 4.79 Å². The van der Waals surface area contributed by atoms with E-state index in [0.29, 0.717) is 17.3 Å². The molecule has 2 aromatic rings. The predicted molar refractivity (Wildman–Crippen MR) is 77.7 cm³/mol. The highest BCUT2D eigenvalue weighted by Gasteiger charge is 2.04. The molecule has 0 saturated heterocycles. The highest BCUT2D eigenvalue weighted by atomic mass is 35.5. The minimum Gasteiger partial charge on any atom is -0.352 e. The molecule has 0 saturated carbocycles. The smallest absolute Gasteiger partial charge is 0.252 e. The summed E-state index contributed by atoms with van der Waals surface area (Å²) in [5.74, 6) is -0.108. The Bertz CT molecular complexity index is 525. The van der Waals surface area contributed by atoms with E-state index < -0.39 is 0 Å². The molecule has 0 unspecified atom stereocenters. The van der Waals surface area contributed by atoms with Gasteiger partial charge in [0.1, 0.15) is 5.15 Å². The van der Waals surface area contributed by atoms with Crippen LogP contribution in [0.1, 0.15) is 29.6 Å². The lowest BCUT2D eigenvalue weighted by Gasteiger charge is -2.05. The molecule has 2 aromatic heterocycles. The molecule has 0 radical (unpaired) electrons. The first kappa shape index (κ1) is 14.5. The van der Waals surface area contributed by atoms with Gasteiger partial charge in [0.05, 0.1) is 11.9 Å². The predicted octanol–water partition coefficient (Wildman–Crippen LogP) is 2.53. The molecule has 5 nitrogen and oxygen atoms in total. The third kappa shape index (κ3) is 4.66. The summed E-state index contributed by atoms with van der Waals surface area (Å²) in [6, 6.07) is 3.28. The van der Waals surface area contributed by atoms with E-state index in [1.165, 1.54) is 6.20 Å². The molecule has 106 valence electrons. The summed E-state index contributed by atoms with van der Waals surface area (Å²) < 4.78 is 2.05. The highest BCUT2D eigenvalue weighted by Crippen LogP contribution is 2.05. The maximum atomic E-state index is 11.8. The second-order valence-corrected chi connectivity index (χ2v) is 4.87. The van der Waals surface area contributed by atoms with Crippen LogP contribution in [0.4, 0.5) is 0 Å². The van der Waals surface area contributed by atoms with Gasteiger partial charge in [-0.2, -0.15) is 0 Å². The third-order valence-corrected chi connectivity index (χ3v) is 3.15. The number of amides is 1. The Balaban J connectivity index is 1.58. The summed E-state index contributed by atoms with van der Waals surface area (Å²) in [4.78, 5) is 19.6. The van der Waals surface area contributed by atoms with Gasteiger partial charge in [-0.3, -0.25) is 4.79 Å². The normalized spacial score (nSPS) is 10.4. The van der Waals surface area contributed by atoms with Crippen LogP contribution in [0.15, 0.2) is 37.1 Å². The van der Waals surface area contributed by atoms with Crippen LogP contribution in [0.5, 0.6) is 0 Å². The average molecular weight is 293 g/mol. The quantitative estimate of drug-likeness (QED) is 0.630. The van der Waals surface area contributed by atoms with Crippen molar-refractivity contribution < 1.29 is 4.79 Å². The van der Waals surface area contributed by atoms with Crippen LogP contribution in [-0.4, -0.2) is 27.0 Å². The van der Waals surface area contributed by atoms with Gasteiger partial charge in [-0.15, -0.1) is 0 Å². The van der Waals surface area contributed by atoms with Crippen molar-refractivity contribution in [3.63, 3.8) is 0 Å². The summed E-state index contributed by atoms with van der Waals surface area (Å²) in [6.07, 6.45) is 10.1. The van der Waals surface area contributed by atoms with Crippen LogP contribution in [-0.2, 0) is 6.54 Å². The minimum absolute atomic E-state index is 0.108. The SMILES string of the molecule is O=C(NCCCCCn1ccnc1)c1ccc(Cl)nc1. The fraction of sp³-hybridized carbons (Fsp3) is 0.357. The highest BCUT2D eigenvalue weighted by molar-refractivity contribution is 6.29. The molecule has 0 aliphatic rings. The number of nitrogens with zero attached hydrogens (tertiary/aromatic N) is 3. The van der Waals surface area contributed by atoms with E-state index >= 15 is 0 Å². The van der Waals surface area contributed by atoms with E-state index in [4.69, 9.17) is 11.6 Å². The first-order valence-electron chi connectivity index (χ1n) is 6.61. The van der Waals surface area contributed by atoms with Gasteiger partial charge in [0.25, 0.3) is 5.91 Å². The number of imidazole rings is 1. The molecule has 0 aliphatic heterocycles. The van der Waals surface area contributed by atoms with Gasteiger partial charge in [-0.05, 0) is 31.4 Å². The molecular formula is C14H17ClN4O. The van der Waals surface area contributed by atoms with Crippen molar-refractivity contribution in [2.24, 2.45) is 0 Å². The Kier molecular flexibility index (Phi) is 5.55. The second kappa shape index (κ2) is 7.65. The fourth-order valence-corrected chi connectivity index (χ4v) is 1.94. The molecule has 1 amide bonds. The fourth-order valence-electron chi connectivity index (χ4n) is 1.83. The topological polar surface area (TPSA) is 59.8 Å². The number of hydrogen-bond donors (Lipinski definition) is 1. The maximum Gasteiger partial charge on any atom is 0.252 e. The van der Waals surface area contributed by atoms with Crippen molar-refractivity contribution >= 4 is 17.5 Å². The van der Waals surface area contributed by atoms with E-state index in [-0.39, 0.29) is 5.91 Å². The number of hydrogen-bond acceptors (Lipinski definition) is 3. The van der Waals surface area contributed by atoms with E-state index in [1.54, 1.807) is 18.3 Å². The van der Waals surface area contributed by atoms with Crippen molar-refractivity contribution in [1.29, 1.82) is 0 Å². The zero-order valence-electron chi connectivity index (χ0n) is 11.1. The number of carbonyl (C=O) groups excluding carboxylic acids is 1. The second-order valence-electron chi connectivity index (χ2n) is 4.49. The third-order valence-electron chi connectivity index (χ3n) is 2.93. The Hall–Kier alpha value is -1.88. The maximum absolute atomic E-state index is 11.8. The number of pyridine rings is 1. The van der Waals surface area contributed by atoms with Crippen molar-refractivity contribution in [3.8, 4) is 0 Å². The summed E-state index contributed by atoms with van der Waals surface area (Å²) in [7, 11) is 0. The Morgan fingerprint density at radius 1 is 1.30 bits per heavy atom. The molecule has 20 heavy (non-hydrogen) atoms. The van der Waals surface area contributed by atoms with Crippen LogP contribution in [0, 0.1) is 0 Å². The molecule has 0 fully saturated rings. The summed E-state index contributed by atoms with van der Waals surface area (Å²) >= 11 is 5.67. The van der Waals surface area contributed by atoms with E-state index in [0.717, 1.165) is 25.8 Å². The molecule has 2 rings (SSSR count). The lowest BCUT2D eigenvalue weighted by Crippen LogP contribution is -2.24. The zero-order chi connectivity index (χ0) is 14.2. The first-order chi connectivity index (χ1) is 9.75. The summed E-state index contributed by atoms with van der Waals surface area (Å²) in [6.45, 7) is 1.64. The lowest BCUT2D eigenvalue weighted by atomic mass is 10.2. The van der Waals surface area contributed by atoms with Crippen molar-refractivity contribution in [3.05, 3.63) is 47.8 Å². The molecule has 0 aliphatic carbocycles. The molecule has 0 aromatic carbocycles. The van der Waals surface area contributed by atoms with Crippen LogP contribution < -0.4 is 5.32 Å². The Morgan fingerprint density at radius 3 is 2.90 bits per heavy atom. The Morgan fingerprint density at radius 2 is 2.20 bits per heavy atom. The number of carbonyl (C=O) groups is 1. The van der Waals surface area contributed by atoms with Gasteiger partial charge < -0.3 is 9.88 Å². The Labute approximate surface area is 123 Å². The zero-order valence-corrected chi connectivity index (χ0v) is 11.9. The van der Waals surface area contributed by atoms with Crippen LogP contribution in [0.25, 0.3) is 0 Å². The number of nitrogens with one attached hydrogen (secondary N) is 1. The number of aryl methyl sites for hydroxylation is 1. The standard InChI is InChI=1S/C14H17ClN4O/c15-13-5-4-12(10-18-13)14(20)17-6-2-1-3-8-19-9-7-16-11-19/h4-5,7,9-11H,1-3,6,8H2,(H,17,20). The minimum atomic E-state index is -0.108. The monoisotopic (exact) mass is 292 g/mol. The molecule has 0 atom stereocenters. The number of aromatic nitrogens is 3. The average Bonchev–Trinajstić information content (AvgIpc) is 2.96. The van der Waals surface area contributed by atoms with Crippen LogP contribution in [0.3, 0.4) is 0 Å².